The van der Waals surface area contributed by atoms with E-state index < -0.39 is 11.9 Å². The molecule has 0 N–H and O–H groups in total. The molecule has 0 fully saturated rings. The molecule has 1 aromatic carbocycles. The third kappa shape index (κ3) is 3.98. The smallest absolute Gasteiger partial charge is 0.341 e. The molecule has 0 aliphatic carbocycles. The van der Waals surface area contributed by atoms with Gasteiger partial charge in [-0.05, 0) is 36.8 Å². The lowest BCUT2D eigenvalue weighted by molar-refractivity contribution is -0.113. The fourth-order valence-electron chi connectivity index (χ4n) is 3.33. The van der Waals surface area contributed by atoms with Crippen LogP contribution in [0, 0.1) is 0 Å². The molecule has 0 aliphatic rings. The predicted octanol–water partition coefficient (Wildman–Crippen LogP) is 2.50. The van der Waals surface area contributed by atoms with Crippen LogP contribution in [0.15, 0.2) is 76.7 Å². The Hall–Kier alpha value is -4.33. The number of ether oxygens (including phenoxy) is 1. The average Bonchev–Trinajstić information content (AvgIpc) is 2.81. The molecule has 0 aliphatic heterocycles. The second kappa shape index (κ2) is 8.81. The number of aryl methyl sites for hydroxylation is 1. The molecule has 0 bridgehead atoms. The first-order valence-corrected chi connectivity index (χ1v) is 9.99. The highest BCUT2D eigenvalue weighted by Gasteiger charge is 2.18. The second-order valence-corrected chi connectivity index (χ2v) is 6.94. The van der Waals surface area contributed by atoms with Crippen molar-refractivity contribution in [2.75, 3.05) is 6.61 Å². The number of benzene rings is 1. The van der Waals surface area contributed by atoms with Crippen molar-refractivity contribution in [3.05, 3.63) is 93.8 Å². The van der Waals surface area contributed by atoms with Crippen molar-refractivity contribution in [3.63, 3.8) is 0 Å². The lowest BCUT2D eigenvalue weighted by Crippen LogP contribution is -2.31. The Morgan fingerprint density at radius 3 is 2.62 bits per heavy atom. The molecular weight excluding hydrogens is 408 g/mol. The summed E-state index contributed by atoms with van der Waals surface area (Å²) in [5, 5.41) is 0.213. The fourth-order valence-corrected chi connectivity index (χ4v) is 3.33. The molecule has 3 heterocycles. The first kappa shape index (κ1) is 20.9. The van der Waals surface area contributed by atoms with Gasteiger partial charge in [0.25, 0.3) is 11.5 Å². The summed E-state index contributed by atoms with van der Waals surface area (Å²) < 4.78 is 7.99. The zero-order valence-corrected chi connectivity index (χ0v) is 17.6. The lowest BCUT2D eigenvalue weighted by Gasteiger charge is -2.11. The number of hydrogen-bond donors (Lipinski definition) is 0. The third-order valence-electron chi connectivity index (χ3n) is 4.84. The minimum atomic E-state index is -0.679. The monoisotopic (exact) mass is 428 g/mol. The van der Waals surface area contributed by atoms with Crippen LogP contribution in [0.2, 0.25) is 0 Å². The molecule has 8 nitrogen and oxygen atoms in total. The van der Waals surface area contributed by atoms with Gasteiger partial charge in [-0.1, -0.05) is 36.4 Å². The zero-order chi connectivity index (χ0) is 22.7. The normalized spacial score (nSPS) is 12.0. The number of nitrogens with zero attached hydrogens (tertiary/aromatic N) is 4. The Morgan fingerprint density at radius 2 is 1.88 bits per heavy atom. The lowest BCUT2D eigenvalue weighted by atomic mass is 10.2. The molecular formula is C24H20N4O4. The Labute approximate surface area is 182 Å². The molecule has 8 heteroatoms. The Kier molecular flexibility index (Phi) is 5.76. The Bertz CT molecular complexity index is 1500. The van der Waals surface area contributed by atoms with E-state index in [1.807, 2.05) is 30.3 Å². The number of amides is 1. The minimum Gasteiger partial charge on any atom is -0.462 e. The fraction of sp³-hybridized carbons (Fsp3) is 0.125. The quantitative estimate of drug-likeness (QED) is 0.283. The molecule has 4 rings (SSSR count). The molecule has 0 radical (unpaired) electrons. The maximum atomic E-state index is 13.0. The largest absolute Gasteiger partial charge is 0.462 e. The zero-order valence-electron chi connectivity index (χ0n) is 17.6. The highest BCUT2D eigenvalue weighted by molar-refractivity contribution is 5.95. The summed E-state index contributed by atoms with van der Waals surface area (Å²) in [5.74, 6) is -1.24. The number of hydrogen-bond acceptors (Lipinski definition) is 5. The van der Waals surface area contributed by atoms with Gasteiger partial charge < -0.3 is 9.30 Å². The van der Waals surface area contributed by atoms with Gasteiger partial charge in [-0.25, -0.2) is 9.78 Å². The molecule has 160 valence electrons. The average molecular weight is 428 g/mol. The van der Waals surface area contributed by atoms with Crippen molar-refractivity contribution in [2.45, 2.75) is 6.92 Å². The highest BCUT2D eigenvalue weighted by Crippen LogP contribution is 2.10. The van der Waals surface area contributed by atoms with Gasteiger partial charge in [0, 0.05) is 19.3 Å². The highest BCUT2D eigenvalue weighted by atomic mass is 16.5. The summed E-state index contributed by atoms with van der Waals surface area (Å²) in [5.41, 5.74) is 1.31. The van der Waals surface area contributed by atoms with Crippen LogP contribution in [0.1, 0.15) is 22.8 Å². The summed E-state index contributed by atoms with van der Waals surface area (Å²) in [4.78, 5) is 46.9. The number of fused-ring (bicyclic) bond motifs is 2. The molecule has 3 aromatic heterocycles. The van der Waals surface area contributed by atoms with Crippen molar-refractivity contribution in [1.82, 2.24) is 14.0 Å². The van der Waals surface area contributed by atoms with Crippen LogP contribution in [-0.2, 0) is 16.6 Å². The molecule has 0 atom stereocenters. The van der Waals surface area contributed by atoms with E-state index in [1.54, 1.807) is 44.4 Å². The molecule has 1 amide bonds. The standard InChI is InChI=1S/C24H20N4O4/c1-3-32-24(31)18-15-17-21(25-19-11-7-8-14-28(19)23(17)30)27(2)22(18)26-20(29)13-12-16-9-5-4-6-10-16/h4-15H,3H2,1-2H3. The first-order valence-electron chi connectivity index (χ1n) is 9.99. The van der Waals surface area contributed by atoms with E-state index in [-0.39, 0.29) is 28.6 Å². The Morgan fingerprint density at radius 1 is 1.12 bits per heavy atom. The van der Waals surface area contributed by atoms with Crippen LogP contribution >= 0.6 is 0 Å². The van der Waals surface area contributed by atoms with Gasteiger partial charge in [-0.15, -0.1) is 0 Å². The van der Waals surface area contributed by atoms with Crippen LogP contribution < -0.4 is 11.0 Å². The maximum absolute atomic E-state index is 13.0. The molecule has 4 aromatic rings. The summed E-state index contributed by atoms with van der Waals surface area (Å²) in [7, 11) is 1.60. The number of rotatable bonds is 4. The Balaban J connectivity index is 1.95. The predicted molar refractivity (Wildman–Crippen MR) is 120 cm³/mol. The van der Waals surface area contributed by atoms with E-state index in [0.717, 1.165) is 5.56 Å². The first-order chi connectivity index (χ1) is 15.5. The summed E-state index contributed by atoms with van der Waals surface area (Å²) in [6, 6.07) is 15.9. The van der Waals surface area contributed by atoms with E-state index in [0.29, 0.717) is 11.3 Å². The number of aromatic nitrogens is 3. The van der Waals surface area contributed by atoms with Gasteiger partial charge in [-0.2, -0.15) is 4.99 Å². The van der Waals surface area contributed by atoms with E-state index >= 15 is 0 Å². The van der Waals surface area contributed by atoms with Gasteiger partial charge in [0.1, 0.15) is 16.9 Å². The van der Waals surface area contributed by atoms with Crippen LogP contribution in [0.5, 0.6) is 0 Å². The van der Waals surface area contributed by atoms with E-state index in [2.05, 4.69) is 9.98 Å². The van der Waals surface area contributed by atoms with E-state index in [4.69, 9.17) is 4.74 Å². The topological polar surface area (TPSA) is 95.0 Å². The summed E-state index contributed by atoms with van der Waals surface area (Å²) >= 11 is 0. The van der Waals surface area contributed by atoms with Gasteiger partial charge in [0.15, 0.2) is 5.49 Å². The van der Waals surface area contributed by atoms with Crippen molar-refractivity contribution in [2.24, 2.45) is 12.0 Å². The molecule has 0 unspecified atom stereocenters. The second-order valence-electron chi connectivity index (χ2n) is 6.94. The van der Waals surface area contributed by atoms with Gasteiger partial charge in [0.2, 0.25) is 0 Å². The number of pyridine rings is 2. The number of carbonyl (C=O) groups is 2. The van der Waals surface area contributed by atoms with Gasteiger partial charge in [-0.3, -0.25) is 14.0 Å². The third-order valence-corrected chi connectivity index (χ3v) is 4.84. The van der Waals surface area contributed by atoms with Crippen LogP contribution in [0.25, 0.3) is 22.8 Å². The van der Waals surface area contributed by atoms with Gasteiger partial charge in [0.05, 0.1) is 12.0 Å². The molecule has 0 saturated carbocycles. The van der Waals surface area contributed by atoms with Crippen LogP contribution in [-0.4, -0.2) is 32.4 Å². The minimum absolute atomic E-state index is 0.0121. The van der Waals surface area contributed by atoms with Crippen molar-refractivity contribution in [1.29, 1.82) is 0 Å². The van der Waals surface area contributed by atoms with Crippen LogP contribution in [0.4, 0.5) is 0 Å². The van der Waals surface area contributed by atoms with Crippen molar-refractivity contribution in [3.8, 4) is 0 Å². The molecule has 0 saturated heterocycles. The number of esters is 1. The van der Waals surface area contributed by atoms with Gasteiger partial charge >= 0.3 is 5.97 Å². The van der Waals surface area contributed by atoms with Crippen molar-refractivity contribution < 1.29 is 14.3 Å². The van der Waals surface area contributed by atoms with Crippen LogP contribution in [0.3, 0.4) is 0 Å². The summed E-state index contributed by atoms with van der Waals surface area (Å²) in [6.07, 6.45) is 4.55. The molecule has 32 heavy (non-hydrogen) atoms. The number of carbonyl (C=O) groups excluding carboxylic acids is 2. The van der Waals surface area contributed by atoms with Crippen molar-refractivity contribution >= 4 is 34.6 Å². The van der Waals surface area contributed by atoms with E-state index in [9.17, 15) is 14.4 Å². The molecule has 0 spiro atoms. The summed E-state index contributed by atoms with van der Waals surface area (Å²) in [6.45, 7) is 1.81. The maximum Gasteiger partial charge on any atom is 0.341 e. The van der Waals surface area contributed by atoms with E-state index in [1.165, 1.54) is 21.1 Å². The SMILES string of the molecule is CCOC(=O)c1cc2c(=O)n3ccccc3nc2n(C)c1=NC(=O)C=Cc1ccccc1.